The summed E-state index contributed by atoms with van der Waals surface area (Å²) in [6, 6.07) is 5.21. The average molecular weight is 310 g/mol. The lowest BCUT2D eigenvalue weighted by Gasteiger charge is -2.21. The number of carbonyl (C=O) groups is 1. The summed E-state index contributed by atoms with van der Waals surface area (Å²) in [5.41, 5.74) is 0.859. The van der Waals surface area contributed by atoms with Crippen molar-refractivity contribution in [3.8, 4) is 6.07 Å². The maximum atomic E-state index is 12.2. The Balaban J connectivity index is 2.77. The fourth-order valence-electron chi connectivity index (χ4n) is 1.51. The van der Waals surface area contributed by atoms with E-state index >= 15 is 0 Å². The van der Waals surface area contributed by atoms with Crippen molar-refractivity contribution >= 4 is 21.8 Å². The van der Waals surface area contributed by atoms with Crippen molar-refractivity contribution in [2.45, 2.75) is 19.8 Å². The molecule has 0 saturated carbocycles. The Morgan fingerprint density at radius 3 is 2.78 bits per heavy atom. The quantitative estimate of drug-likeness (QED) is 0.759. The second-order valence-electron chi connectivity index (χ2n) is 3.88. The number of hydrogen-bond acceptors (Lipinski definition) is 3. The molecule has 0 aliphatic carbocycles. The van der Waals surface area contributed by atoms with Gasteiger partial charge in [-0.2, -0.15) is 5.26 Å². The minimum atomic E-state index is -0.0765. The number of rotatable bonds is 6. The summed E-state index contributed by atoms with van der Waals surface area (Å²) in [5.74, 6) is -0.0765. The van der Waals surface area contributed by atoms with Gasteiger partial charge >= 0.3 is 0 Å². The van der Waals surface area contributed by atoms with Gasteiger partial charge in [-0.25, -0.2) is 4.98 Å². The number of aromatic nitrogens is 1. The van der Waals surface area contributed by atoms with Crippen LogP contribution in [0.3, 0.4) is 0 Å². The smallest absolute Gasteiger partial charge is 0.272 e. The summed E-state index contributed by atoms with van der Waals surface area (Å²) in [7, 11) is 0. The van der Waals surface area contributed by atoms with Gasteiger partial charge in [-0.15, -0.1) is 0 Å². The van der Waals surface area contributed by atoms with Crippen molar-refractivity contribution in [3.05, 3.63) is 29.6 Å². The lowest BCUT2D eigenvalue weighted by Crippen LogP contribution is -2.34. The number of nitriles is 1. The van der Waals surface area contributed by atoms with Gasteiger partial charge < -0.3 is 4.90 Å². The van der Waals surface area contributed by atoms with E-state index in [2.05, 4.69) is 27.8 Å². The summed E-state index contributed by atoms with van der Waals surface area (Å²) in [4.78, 5) is 18.0. The molecule has 0 bridgehead atoms. The third-order valence-corrected chi connectivity index (χ3v) is 2.89. The van der Waals surface area contributed by atoms with E-state index in [0.717, 1.165) is 24.7 Å². The third-order valence-electron chi connectivity index (χ3n) is 2.53. The van der Waals surface area contributed by atoms with Crippen LogP contribution in [0.25, 0.3) is 0 Å². The van der Waals surface area contributed by atoms with Gasteiger partial charge in [0.25, 0.3) is 5.91 Å². The molecule has 5 heteroatoms. The molecule has 0 atom stereocenters. The Bertz CT molecular complexity index is 425. The first-order valence-corrected chi connectivity index (χ1v) is 7.06. The minimum Gasteiger partial charge on any atom is -0.336 e. The summed E-state index contributed by atoms with van der Waals surface area (Å²) in [6.45, 7) is 3.50. The molecule has 0 saturated heterocycles. The van der Waals surface area contributed by atoms with Crippen LogP contribution in [0.15, 0.2) is 18.3 Å². The Morgan fingerprint density at radius 2 is 2.28 bits per heavy atom. The molecule has 0 N–H and O–H groups in total. The molecule has 0 aliphatic rings. The average Bonchev–Trinajstić information content (AvgIpc) is 2.43. The van der Waals surface area contributed by atoms with Crippen LogP contribution in [0.5, 0.6) is 0 Å². The predicted octanol–water partition coefficient (Wildman–Crippen LogP) is 2.59. The van der Waals surface area contributed by atoms with Gasteiger partial charge in [-0.1, -0.05) is 29.3 Å². The van der Waals surface area contributed by atoms with Crippen LogP contribution >= 0.6 is 15.9 Å². The number of halogens is 1. The lowest BCUT2D eigenvalue weighted by atomic mass is 10.2. The van der Waals surface area contributed by atoms with Crippen LogP contribution in [0, 0.1) is 11.3 Å². The molecule has 0 radical (unpaired) electrons. The van der Waals surface area contributed by atoms with Crippen molar-refractivity contribution in [1.29, 1.82) is 5.26 Å². The van der Waals surface area contributed by atoms with Gasteiger partial charge in [-0.3, -0.25) is 4.79 Å². The topological polar surface area (TPSA) is 57.0 Å². The number of hydrogen-bond donors (Lipinski definition) is 0. The van der Waals surface area contributed by atoms with E-state index in [-0.39, 0.29) is 5.91 Å². The molecule has 0 fully saturated rings. The van der Waals surface area contributed by atoms with Crippen LogP contribution in [0.2, 0.25) is 0 Å². The van der Waals surface area contributed by atoms with Crippen LogP contribution in [-0.4, -0.2) is 34.2 Å². The molecule has 18 heavy (non-hydrogen) atoms. The molecule has 96 valence electrons. The molecule has 4 nitrogen and oxygen atoms in total. The summed E-state index contributed by atoms with van der Waals surface area (Å²) < 4.78 is 0. The zero-order chi connectivity index (χ0) is 13.4. The molecule has 1 rings (SSSR count). The highest BCUT2D eigenvalue weighted by Gasteiger charge is 2.15. The third kappa shape index (κ3) is 4.11. The van der Waals surface area contributed by atoms with Crippen LogP contribution < -0.4 is 0 Å². The van der Waals surface area contributed by atoms with Crippen molar-refractivity contribution in [2.24, 2.45) is 0 Å². The zero-order valence-corrected chi connectivity index (χ0v) is 12.0. The van der Waals surface area contributed by atoms with Crippen LogP contribution in [-0.2, 0) is 0 Å². The van der Waals surface area contributed by atoms with Crippen LogP contribution in [0.4, 0.5) is 0 Å². The van der Waals surface area contributed by atoms with Gasteiger partial charge in [0.2, 0.25) is 0 Å². The standard InChI is InChI=1S/C13H16BrN3O/c1-2-3-7-17(8-6-14)13(18)12-5-4-11(9-15)10-16-12/h4-5,10H,2-3,6-8H2,1H3. The Morgan fingerprint density at radius 1 is 1.50 bits per heavy atom. The number of unbranched alkanes of at least 4 members (excludes halogenated alkanes) is 1. The van der Waals surface area contributed by atoms with Gasteiger partial charge in [-0.05, 0) is 18.6 Å². The number of nitrogens with zero attached hydrogens (tertiary/aromatic N) is 3. The van der Waals surface area contributed by atoms with Crippen molar-refractivity contribution < 1.29 is 4.79 Å². The lowest BCUT2D eigenvalue weighted by molar-refractivity contribution is 0.0758. The molecule has 0 spiro atoms. The molecular formula is C13H16BrN3O. The summed E-state index contributed by atoms with van der Waals surface area (Å²) in [6.07, 6.45) is 3.46. The van der Waals surface area contributed by atoms with Crippen molar-refractivity contribution in [3.63, 3.8) is 0 Å². The number of pyridine rings is 1. The number of alkyl halides is 1. The van der Waals surface area contributed by atoms with E-state index in [1.165, 1.54) is 6.20 Å². The Labute approximate surface area is 116 Å². The fourth-order valence-corrected chi connectivity index (χ4v) is 1.94. The maximum Gasteiger partial charge on any atom is 0.272 e. The molecule has 0 aromatic carbocycles. The number of carbonyl (C=O) groups excluding carboxylic acids is 1. The first-order valence-electron chi connectivity index (χ1n) is 5.94. The molecule has 1 aromatic rings. The van der Waals surface area contributed by atoms with Crippen molar-refractivity contribution in [1.82, 2.24) is 9.88 Å². The van der Waals surface area contributed by atoms with Gasteiger partial charge in [0, 0.05) is 24.6 Å². The van der Waals surface area contributed by atoms with E-state index in [4.69, 9.17) is 5.26 Å². The van der Waals surface area contributed by atoms with Crippen LogP contribution in [0.1, 0.15) is 35.8 Å². The molecular weight excluding hydrogens is 294 g/mol. The summed E-state index contributed by atoms with van der Waals surface area (Å²) in [5, 5.41) is 9.43. The normalized spacial score (nSPS) is 9.83. The van der Waals surface area contributed by atoms with Gasteiger partial charge in [0.1, 0.15) is 11.8 Å². The predicted molar refractivity (Wildman–Crippen MR) is 73.6 cm³/mol. The first kappa shape index (κ1) is 14.7. The maximum absolute atomic E-state index is 12.2. The highest BCUT2D eigenvalue weighted by Crippen LogP contribution is 2.06. The second-order valence-corrected chi connectivity index (χ2v) is 4.67. The SMILES string of the molecule is CCCCN(CCBr)C(=O)c1ccc(C#N)cn1. The van der Waals surface area contributed by atoms with Gasteiger partial charge in [0.05, 0.1) is 5.56 Å². The van der Waals surface area contributed by atoms with Gasteiger partial charge in [0.15, 0.2) is 0 Å². The second kappa shape index (κ2) is 7.83. The number of amides is 1. The highest BCUT2D eigenvalue weighted by molar-refractivity contribution is 9.09. The van der Waals surface area contributed by atoms with E-state index in [1.807, 2.05) is 6.07 Å². The minimum absolute atomic E-state index is 0.0765. The van der Waals surface area contributed by atoms with E-state index < -0.39 is 0 Å². The Hall–Kier alpha value is -1.41. The molecule has 0 unspecified atom stereocenters. The van der Waals surface area contributed by atoms with Crippen molar-refractivity contribution in [2.75, 3.05) is 18.4 Å². The monoisotopic (exact) mass is 309 g/mol. The Kier molecular flexibility index (Phi) is 6.37. The molecule has 1 heterocycles. The summed E-state index contributed by atoms with van der Waals surface area (Å²) >= 11 is 3.35. The molecule has 1 aromatic heterocycles. The zero-order valence-electron chi connectivity index (χ0n) is 10.4. The van der Waals surface area contributed by atoms with E-state index in [9.17, 15) is 4.79 Å². The fraction of sp³-hybridized carbons (Fsp3) is 0.462. The van der Waals surface area contributed by atoms with E-state index in [0.29, 0.717) is 17.8 Å². The molecule has 1 amide bonds. The van der Waals surface area contributed by atoms with E-state index in [1.54, 1.807) is 17.0 Å². The highest BCUT2D eigenvalue weighted by atomic mass is 79.9. The first-order chi connectivity index (χ1) is 8.72. The largest absolute Gasteiger partial charge is 0.336 e. The molecule has 0 aliphatic heterocycles.